The molecule has 0 bridgehead atoms. The molecule has 0 aromatic heterocycles. The molecule has 122 valence electrons. The highest BCUT2D eigenvalue weighted by Crippen LogP contribution is 2.20. The summed E-state index contributed by atoms with van der Waals surface area (Å²) in [5, 5.41) is 0.514. The van der Waals surface area contributed by atoms with Crippen LogP contribution in [0.5, 0.6) is 5.75 Å². The fraction of sp³-hybridized carbons (Fsp3) is 0.133. The second-order valence-corrected chi connectivity index (χ2v) is 6.57. The lowest BCUT2D eigenvalue weighted by atomic mass is 10.3. The number of carbonyl (C=O) groups excluding carboxylic acids is 1. The molecule has 6 nitrogen and oxygen atoms in total. The standard InChI is InChI=1S/C15H14ClNO5S/c1-21-15(18)10-22-13-6-8-14(9-7-13)23(19,20)17-12-4-2-11(16)3-5-12/h2-9,17H,10H2,1H3. The first-order valence-electron chi connectivity index (χ1n) is 6.49. The minimum atomic E-state index is -3.72. The first kappa shape index (κ1) is 17.1. The van der Waals surface area contributed by atoms with Crippen LogP contribution in [0.4, 0.5) is 5.69 Å². The van der Waals surface area contributed by atoms with Crippen molar-refractivity contribution in [3.05, 3.63) is 53.6 Å². The Morgan fingerprint density at radius 1 is 1.09 bits per heavy atom. The quantitative estimate of drug-likeness (QED) is 0.806. The smallest absolute Gasteiger partial charge is 0.343 e. The number of sulfonamides is 1. The summed E-state index contributed by atoms with van der Waals surface area (Å²) in [7, 11) is -2.47. The monoisotopic (exact) mass is 355 g/mol. The van der Waals surface area contributed by atoms with E-state index in [4.69, 9.17) is 16.3 Å². The molecular weight excluding hydrogens is 342 g/mol. The van der Waals surface area contributed by atoms with Gasteiger partial charge in [-0.2, -0.15) is 0 Å². The molecule has 0 heterocycles. The molecule has 2 aromatic carbocycles. The summed E-state index contributed by atoms with van der Waals surface area (Å²) >= 11 is 5.76. The van der Waals surface area contributed by atoms with Crippen molar-refractivity contribution in [2.45, 2.75) is 4.90 Å². The molecule has 0 atom stereocenters. The summed E-state index contributed by atoms with van der Waals surface area (Å²) in [5.74, 6) is -0.160. The number of carbonyl (C=O) groups is 1. The summed E-state index contributed by atoms with van der Waals surface area (Å²) in [6, 6.07) is 12.0. The maximum atomic E-state index is 12.3. The number of hydrogen-bond donors (Lipinski definition) is 1. The third-order valence-corrected chi connectivity index (χ3v) is 4.46. The first-order chi connectivity index (χ1) is 10.9. The lowest BCUT2D eigenvalue weighted by Crippen LogP contribution is -2.14. The van der Waals surface area contributed by atoms with Gasteiger partial charge in [0.05, 0.1) is 12.0 Å². The van der Waals surface area contributed by atoms with Gasteiger partial charge in [0.25, 0.3) is 10.0 Å². The van der Waals surface area contributed by atoms with Gasteiger partial charge in [0.2, 0.25) is 0 Å². The van der Waals surface area contributed by atoms with E-state index in [0.717, 1.165) is 0 Å². The van der Waals surface area contributed by atoms with Gasteiger partial charge in [-0.25, -0.2) is 13.2 Å². The number of nitrogens with one attached hydrogen (secondary N) is 1. The van der Waals surface area contributed by atoms with Gasteiger partial charge in [0.15, 0.2) is 6.61 Å². The molecule has 23 heavy (non-hydrogen) atoms. The molecule has 1 N–H and O–H groups in total. The average Bonchev–Trinajstić information content (AvgIpc) is 2.55. The summed E-state index contributed by atoms with van der Waals surface area (Å²) in [6.07, 6.45) is 0. The molecule has 8 heteroatoms. The second kappa shape index (κ2) is 7.34. The van der Waals surface area contributed by atoms with Crippen LogP contribution in [-0.2, 0) is 19.6 Å². The predicted octanol–water partition coefficient (Wildman–Crippen LogP) is 2.69. The minimum Gasteiger partial charge on any atom is -0.482 e. The van der Waals surface area contributed by atoms with Crippen LogP contribution >= 0.6 is 11.6 Å². The highest BCUT2D eigenvalue weighted by atomic mass is 35.5. The van der Waals surface area contributed by atoms with Crippen LogP contribution in [0.2, 0.25) is 5.02 Å². The van der Waals surface area contributed by atoms with Crippen LogP contribution in [0.3, 0.4) is 0 Å². The average molecular weight is 356 g/mol. The third kappa shape index (κ3) is 4.87. The van der Waals surface area contributed by atoms with Crippen LogP contribution in [0.15, 0.2) is 53.4 Å². The minimum absolute atomic E-state index is 0.0675. The van der Waals surface area contributed by atoms with Gasteiger partial charge in [-0.3, -0.25) is 4.72 Å². The molecule has 0 radical (unpaired) electrons. The lowest BCUT2D eigenvalue weighted by Gasteiger charge is -2.09. The number of esters is 1. The summed E-state index contributed by atoms with van der Waals surface area (Å²) in [5.41, 5.74) is 0.403. The van der Waals surface area contributed by atoms with Gasteiger partial charge < -0.3 is 9.47 Å². The van der Waals surface area contributed by atoms with Crippen LogP contribution in [0.1, 0.15) is 0 Å². The van der Waals surface area contributed by atoms with Crippen molar-refractivity contribution < 1.29 is 22.7 Å². The van der Waals surface area contributed by atoms with Gasteiger partial charge in [-0.15, -0.1) is 0 Å². The molecule has 2 aromatic rings. The van der Waals surface area contributed by atoms with E-state index in [1.807, 2.05) is 0 Å². The van der Waals surface area contributed by atoms with E-state index in [0.29, 0.717) is 16.5 Å². The van der Waals surface area contributed by atoms with Crippen LogP contribution in [-0.4, -0.2) is 28.1 Å². The van der Waals surface area contributed by atoms with E-state index in [-0.39, 0.29) is 11.5 Å². The first-order valence-corrected chi connectivity index (χ1v) is 8.35. The molecule has 0 saturated carbocycles. The highest BCUT2D eigenvalue weighted by Gasteiger charge is 2.14. The number of methoxy groups -OCH3 is 1. The Morgan fingerprint density at radius 2 is 1.70 bits per heavy atom. The fourth-order valence-corrected chi connectivity index (χ4v) is 2.83. The van der Waals surface area contributed by atoms with Gasteiger partial charge in [0.1, 0.15) is 5.75 Å². The Labute approximate surface area is 139 Å². The van der Waals surface area contributed by atoms with E-state index in [1.165, 1.54) is 31.4 Å². The zero-order valence-corrected chi connectivity index (χ0v) is 13.7. The molecule has 0 spiro atoms. The van der Waals surface area contributed by atoms with Gasteiger partial charge in [-0.1, -0.05) is 11.6 Å². The molecule has 0 amide bonds. The molecule has 2 rings (SSSR count). The van der Waals surface area contributed by atoms with Crippen molar-refractivity contribution in [3.63, 3.8) is 0 Å². The van der Waals surface area contributed by atoms with Crippen molar-refractivity contribution >= 4 is 33.3 Å². The third-order valence-electron chi connectivity index (χ3n) is 2.81. The highest BCUT2D eigenvalue weighted by molar-refractivity contribution is 7.92. The van der Waals surface area contributed by atoms with Crippen molar-refractivity contribution in [2.75, 3.05) is 18.4 Å². The molecule has 0 saturated heterocycles. The number of rotatable bonds is 6. The fourth-order valence-electron chi connectivity index (χ4n) is 1.65. The molecule has 0 unspecified atom stereocenters. The van der Waals surface area contributed by atoms with Crippen LogP contribution in [0, 0.1) is 0 Å². The van der Waals surface area contributed by atoms with Crippen molar-refractivity contribution in [3.8, 4) is 5.75 Å². The van der Waals surface area contributed by atoms with Gasteiger partial charge in [-0.05, 0) is 48.5 Å². The molecule has 0 aliphatic heterocycles. The Hall–Kier alpha value is -2.25. The zero-order chi connectivity index (χ0) is 16.9. The molecular formula is C15H14ClNO5S. The Bertz CT molecular complexity index is 773. The molecule has 0 aliphatic rings. The van der Waals surface area contributed by atoms with Gasteiger partial charge in [0, 0.05) is 10.7 Å². The lowest BCUT2D eigenvalue weighted by molar-refractivity contribution is -0.142. The molecule has 0 fully saturated rings. The van der Waals surface area contributed by atoms with E-state index in [9.17, 15) is 13.2 Å². The van der Waals surface area contributed by atoms with E-state index in [1.54, 1.807) is 24.3 Å². The van der Waals surface area contributed by atoms with Crippen LogP contribution < -0.4 is 9.46 Å². The summed E-state index contributed by atoms with van der Waals surface area (Å²) in [4.78, 5) is 11.0. The molecule has 0 aliphatic carbocycles. The zero-order valence-electron chi connectivity index (χ0n) is 12.2. The van der Waals surface area contributed by atoms with Gasteiger partial charge >= 0.3 is 5.97 Å². The SMILES string of the molecule is COC(=O)COc1ccc(S(=O)(=O)Nc2ccc(Cl)cc2)cc1. The van der Waals surface area contributed by atoms with Crippen LogP contribution in [0.25, 0.3) is 0 Å². The number of anilines is 1. The Morgan fingerprint density at radius 3 is 2.26 bits per heavy atom. The maximum absolute atomic E-state index is 12.3. The largest absolute Gasteiger partial charge is 0.482 e. The van der Waals surface area contributed by atoms with Crippen molar-refractivity contribution in [2.24, 2.45) is 0 Å². The Balaban J connectivity index is 2.08. The number of benzene rings is 2. The normalized spacial score (nSPS) is 10.9. The predicted molar refractivity (Wildman–Crippen MR) is 86.2 cm³/mol. The topological polar surface area (TPSA) is 81.7 Å². The van der Waals surface area contributed by atoms with E-state index in [2.05, 4.69) is 9.46 Å². The maximum Gasteiger partial charge on any atom is 0.343 e. The summed E-state index contributed by atoms with van der Waals surface area (Å²) < 4.78 is 36.5. The Kier molecular flexibility index (Phi) is 5.46. The van der Waals surface area contributed by atoms with Crippen molar-refractivity contribution in [1.82, 2.24) is 0 Å². The summed E-state index contributed by atoms with van der Waals surface area (Å²) in [6.45, 7) is -0.244. The second-order valence-electron chi connectivity index (χ2n) is 4.45. The van der Waals surface area contributed by atoms with E-state index < -0.39 is 16.0 Å². The number of ether oxygens (including phenoxy) is 2. The van der Waals surface area contributed by atoms with E-state index >= 15 is 0 Å². The van der Waals surface area contributed by atoms with Crippen molar-refractivity contribution in [1.29, 1.82) is 0 Å². The number of hydrogen-bond acceptors (Lipinski definition) is 5. The number of halogens is 1.